The quantitative estimate of drug-likeness (QED) is 0.411. The molecule has 2 aromatic carbocycles. The van der Waals surface area contributed by atoms with Crippen LogP contribution in [0.1, 0.15) is 42.1 Å². The van der Waals surface area contributed by atoms with Crippen molar-refractivity contribution in [2.24, 2.45) is 0 Å². The number of nitrogens with zero attached hydrogens (tertiary/aromatic N) is 1. The SMILES string of the molecule is COc1ccc(C)cc1/C(O)=C1\C(=O)C(=O)N(CCOC(C)C)C1c1cccc(C)c1. The van der Waals surface area contributed by atoms with Gasteiger partial charge in [-0.05, 0) is 45.4 Å². The number of hydrogen-bond acceptors (Lipinski definition) is 5. The number of Topliss-reactive ketones (excluding diaryl/α,β-unsaturated/α-hetero) is 1. The van der Waals surface area contributed by atoms with Crippen molar-refractivity contribution in [3.63, 3.8) is 0 Å². The molecule has 0 radical (unpaired) electrons. The molecule has 31 heavy (non-hydrogen) atoms. The molecule has 1 aliphatic rings. The first-order chi connectivity index (χ1) is 14.7. The number of rotatable bonds is 7. The van der Waals surface area contributed by atoms with Gasteiger partial charge in [-0.25, -0.2) is 0 Å². The molecule has 164 valence electrons. The first kappa shape index (κ1) is 22.6. The lowest BCUT2D eigenvalue weighted by Gasteiger charge is -2.26. The van der Waals surface area contributed by atoms with Crippen LogP contribution in [-0.2, 0) is 14.3 Å². The van der Waals surface area contributed by atoms with Crippen LogP contribution in [0.3, 0.4) is 0 Å². The Morgan fingerprint density at radius 2 is 1.81 bits per heavy atom. The van der Waals surface area contributed by atoms with Crippen LogP contribution in [0.2, 0.25) is 0 Å². The van der Waals surface area contributed by atoms with E-state index in [0.29, 0.717) is 17.9 Å². The molecule has 1 fully saturated rings. The Balaban J connectivity index is 2.16. The average molecular weight is 424 g/mol. The van der Waals surface area contributed by atoms with Gasteiger partial charge in [0.1, 0.15) is 11.5 Å². The highest BCUT2D eigenvalue weighted by Gasteiger charge is 2.46. The number of likely N-dealkylation sites (tertiary alicyclic amines) is 1. The minimum absolute atomic E-state index is 0.00537. The highest BCUT2D eigenvalue weighted by atomic mass is 16.5. The summed E-state index contributed by atoms with van der Waals surface area (Å²) in [6, 6.07) is 12.2. The molecule has 1 saturated heterocycles. The Labute approximate surface area is 183 Å². The number of ketones is 1. The first-order valence-electron chi connectivity index (χ1n) is 10.4. The summed E-state index contributed by atoms with van der Waals surface area (Å²) in [4.78, 5) is 27.5. The number of amides is 1. The topological polar surface area (TPSA) is 76.1 Å². The molecule has 3 rings (SSSR count). The fraction of sp³-hybridized carbons (Fsp3) is 0.360. The molecule has 1 unspecified atom stereocenters. The molecule has 0 aliphatic carbocycles. The van der Waals surface area contributed by atoms with Crippen molar-refractivity contribution in [1.29, 1.82) is 0 Å². The van der Waals surface area contributed by atoms with Gasteiger partial charge in [0.25, 0.3) is 11.7 Å². The van der Waals surface area contributed by atoms with E-state index in [1.165, 1.54) is 12.0 Å². The van der Waals surface area contributed by atoms with E-state index in [1.54, 1.807) is 12.1 Å². The number of hydrogen-bond donors (Lipinski definition) is 1. The standard InChI is InChI=1S/C25H29NO5/c1-15(2)31-12-11-26-22(18-8-6-7-16(3)13-18)21(24(28)25(26)29)23(27)19-14-17(4)9-10-20(19)30-5/h6-10,13-15,22,27H,11-12H2,1-5H3/b23-21+. The Kier molecular flexibility index (Phi) is 6.81. The number of carbonyl (C=O) groups is 2. The summed E-state index contributed by atoms with van der Waals surface area (Å²) in [5.41, 5.74) is 3.10. The third kappa shape index (κ3) is 4.64. The monoisotopic (exact) mass is 423 g/mol. The second-order valence-corrected chi connectivity index (χ2v) is 8.03. The van der Waals surface area contributed by atoms with Gasteiger partial charge >= 0.3 is 0 Å². The van der Waals surface area contributed by atoms with Gasteiger partial charge in [0.2, 0.25) is 0 Å². The zero-order valence-corrected chi connectivity index (χ0v) is 18.6. The third-order valence-electron chi connectivity index (χ3n) is 5.29. The molecule has 0 spiro atoms. The van der Waals surface area contributed by atoms with E-state index in [2.05, 4.69) is 0 Å². The molecule has 0 aromatic heterocycles. The van der Waals surface area contributed by atoms with E-state index < -0.39 is 17.7 Å². The fourth-order valence-electron chi connectivity index (χ4n) is 3.84. The van der Waals surface area contributed by atoms with Crippen LogP contribution >= 0.6 is 0 Å². The van der Waals surface area contributed by atoms with Crippen molar-refractivity contribution in [2.75, 3.05) is 20.3 Å². The van der Waals surface area contributed by atoms with Crippen LogP contribution in [0.25, 0.3) is 5.76 Å². The van der Waals surface area contributed by atoms with E-state index >= 15 is 0 Å². The average Bonchev–Trinajstić information content (AvgIpc) is 2.98. The van der Waals surface area contributed by atoms with Gasteiger partial charge in [-0.15, -0.1) is 0 Å². The maximum Gasteiger partial charge on any atom is 0.295 e. The van der Waals surface area contributed by atoms with Gasteiger partial charge in [0.05, 0.1) is 37.0 Å². The van der Waals surface area contributed by atoms with Crippen molar-refractivity contribution < 1.29 is 24.2 Å². The van der Waals surface area contributed by atoms with Crippen LogP contribution in [0, 0.1) is 13.8 Å². The molecule has 0 bridgehead atoms. The predicted octanol–water partition coefficient (Wildman–Crippen LogP) is 4.16. The van der Waals surface area contributed by atoms with Crippen LogP contribution in [0.5, 0.6) is 5.75 Å². The highest BCUT2D eigenvalue weighted by Crippen LogP contribution is 2.41. The van der Waals surface area contributed by atoms with Crippen molar-refractivity contribution >= 4 is 17.4 Å². The smallest absolute Gasteiger partial charge is 0.295 e. The number of aryl methyl sites for hydroxylation is 2. The number of ether oxygens (including phenoxy) is 2. The van der Waals surface area contributed by atoms with Crippen molar-refractivity contribution in [2.45, 2.75) is 39.8 Å². The van der Waals surface area contributed by atoms with Crippen LogP contribution < -0.4 is 4.74 Å². The molecule has 1 atom stereocenters. The number of benzene rings is 2. The lowest BCUT2D eigenvalue weighted by molar-refractivity contribution is -0.140. The molecular formula is C25H29NO5. The largest absolute Gasteiger partial charge is 0.507 e. The molecule has 6 nitrogen and oxygen atoms in total. The van der Waals surface area contributed by atoms with E-state index in [9.17, 15) is 14.7 Å². The second kappa shape index (κ2) is 9.35. The van der Waals surface area contributed by atoms with Gasteiger partial charge < -0.3 is 19.5 Å². The predicted molar refractivity (Wildman–Crippen MR) is 119 cm³/mol. The Bertz CT molecular complexity index is 1020. The highest BCUT2D eigenvalue weighted by molar-refractivity contribution is 6.46. The lowest BCUT2D eigenvalue weighted by atomic mass is 9.93. The van der Waals surface area contributed by atoms with Crippen LogP contribution in [0.4, 0.5) is 0 Å². The molecule has 1 heterocycles. The van der Waals surface area contributed by atoms with Crippen LogP contribution in [-0.4, -0.2) is 48.1 Å². The molecule has 2 aromatic rings. The molecular weight excluding hydrogens is 394 g/mol. The number of aliphatic hydroxyl groups is 1. The first-order valence-corrected chi connectivity index (χ1v) is 10.4. The molecule has 1 N–H and O–H groups in total. The maximum absolute atomic E-state index is 13.1. The molecule has 1 aliphatic heterocycles. The normalized spacial score (nSPS) is 18.1. The van der Waals surface area contributed by atoms with E-state index in [1.807, 2.05) is 58.0 Å². The van der Waals surface area contributed by atoms with Gasteiger partial charge in [-0.2, -0.15) is 0 Å². The van der Waals surface area contributed by atoms with Crippen molar-refractivity contribution in [1.82, 2.24) is 4.90 Å². The molecule has 0 saturated carbocycles. The summed E-state index contributed by atoms with van der Waals surface area (Å²) >= 11 is 0. The fourth-order valence-corrected chi connectivity index (χ4v) is 3.84. The van der Waals surface area contributed by atoms with E-state index in [4.69, 9.17) is 9.47 Å². The third-order valence-corrected chi connectivity index (χ3v) is 5.29. The summed E-state index contributed by atoms with van der Waals surface area (Å²) in [5.74, 6) is -1.16. The minimum atomic E-state index is -0.711. The number of methoxy groups -OCH3 is 1. The summed E-state index contributed by atoms with van der Waals surface area (Å²) in [7, 11) is 1.50. The maximum atomic E-state index is 13.1. The van der Waals surface area contributed by atoms with Gasteiger partial charge in [-0.3, -0.25) is 9.59 Å². The summed E-state index contributed by atoms with van der Waals surface area (Å²) in [6.07, 6.45) is 0.00537. The zero-order valence-electron chi connectivity index (χ0n) is 18.6. The zero-order chi connectivity index (χ0) is 22.7. The van der Waals surface area contributed by atoms with E-state index in [0.717, 1.165) is 16.7 Å². The Hall–Kier alpha value is -3.12. The molecule has 1 amide bonds. The Morgan fingerprint density at radius 1 is 1.10 bits per heavy atom. The van der Waals surface area contributed by atoms with E-state index in [-0.39, 0.29) is 24.0 Å². The lowest BCUT2D eigenvalue weighted by Crippen LogP contribution is -2.33. The van der Waals surface area contributed by atoms with Gasteiger partial charge in [0.15, 0.2) is 0 Å². The van der Waals surface area contributed by atoms with Crippen LogP contribution in [0.15, 0.2) is 48.0 Å². The number of carbonyl (C=O) groups excluding carboxylic acids is 2. The second-order valence-electron chi connectivity index (χ2n) is 8.03. The summed E-state index contributed by atoms with van der Waals surface area (Å²) in [6.45, 7) is 8.19. The van der Waals surface area contributed by atoms with Crippen molar-refractivity contribution in [3.05, 3.63) is 70.3 Å². The summed E-state index contributed by atoms with van der Waals surface area (Å²) < 4.78 is 11.0. The Morgan fingerprint density at radius 3 is 2.45 bits per heavy atom. The number of aliphatic hydroxyl groups excluding tert-OH is 1. The summed E-state index contributed by atoms with van der Waals surface area (Å²) in [5, 5.41) is 11.2. The molecule has 6 heteroatoms. The van der Waals surface area contributed by atoms with Gasteiger partial charge in [0, 0.05) is 6.54 Å². The minimum Gasteiger partial charge on any atom is -0.507 e. The van der Waals surface area contributed by atoms with Gasteiger partial charge in [-0.1, -0.05) is 41.5 Å². The van der Waals surface area contributed by atoms with Crippen molar-refractivity contribution in [3.8, 4) is 5.75 Å².